The molecule has 1 saturated heterocycles. The number of aromatic amines is 1. The summed E-state index contributed by atoms with van der Waals surface area (Å²) in [6.07, 6.45) is 5.03. The van der Waals surface area contributed by atoms with Crippen molar-refractivity contribution in [3.05, 3.63) is 43.0 Å². The third-order valence-electron chi connectivity index (χ3n) is 3.57. The van der Waals surface area contributed by atoms with E-state index in [4.69, 9.17) is 16.7 Å². The van der Waals surface area contributed by atoms with E-state index in [0.29, 0.717) is 0 Å². The van der Waals surface area contributed by atoms with E-state index in [2.05, 4.69) is 20.9 Å². The molecule has 1 aliphatic rings. The van der Waals surface area contributed by atoms with E-state index in [0.717, 1.165) is 4.57 Å². The van der Waals surface area contributed by atoms with E-state index >= 15 is 0 Å². The number of aromatic nitrogens is 2. The zero-order valence-corrected chi connectivity index (χ0v) is 11.6. The Morgan fingerprint density at radius 2 is 2.41 bits per heavy atom. The number of aliphatic hydroxyl groups is 2. The van der Waals surface area contributed by atoms with Crippen LogP contribution < -0.4 is 11.2 Å². The maximum Gasteiger partial charge on any atom is 0.330 e. The van der Waals surface area contributed by atoms with Gasteiger partial charge in [-0.2, -0.15) is 0 Å². The minimum absolute atomic E-state index is 0.234. The van der Waals surface area contributed by atoms with E-state index in [-0.39, 0.29) is 12.0 Å². The average molecular weight is 307 g/mol. The number of terminal acetylenes is 1. The van der Waals surface area contributed by atoms with E-state index in [1.54, 1.807) is 0 Å². The van der Waals surface area contributed by atoms with Crippen molar-refractivity contribution >= 4 is 0 Å². The summed E-state index contributed by atoms with van der Waals surface area (Å²) in [6.45, 7) is 0.649. The minimum Gasteiger partial charge on any atom is -0.392 e. The SMILES string of the molecule is C#C[C@]1(CO)O[C@@H](n2cc(C)c(=O)[nH]c2=O)C[C@@]1(O)N=[N+]=[N-]. The lowest BCUT2D eigenvalue weighted by Gasteiger charge is -2.30. The van der Waals surface area contributed by atoms with Crippen molar-refractivity contribution in [3.63, 3.8) is 0 Å². The second kappa shape index (κ2) is 5.32. The number of azide groups is 1. The van der Waals surface area contributed by atoms with Crippen LogP contribution in [-0.2, 0) is 4.74 Å². The van der Waals surface area contributed by atoms with Gasteiger partial charge in [-0.25, -0.2) is 4.79 Å². The van der Waals surface area contributed by atoms with Crippen LogP contribution in [-0.4, -0.2) is 37.7 Å². The molecule has 0 spiro atoms. The molecule has 10 nitrogen and oxygen atoms in total. The number of aliphatic hydroxyl groups excluding tert-OH is 1. The Hall–Kier alpha value is -2.57. The van der Waals surface area contributed by atoms with Gasteiger partial charge < -0.3 is 14.9 Å². The van der Waals surface area contributed by atoms with Crippen LogP contribution in [0, 0.1) is 19.3 Å². The van der Waals surface area contributed by atoms with Crippen LogP contribution in [0.15, 0.2) is 20.9 Å². The van der Waals surface area contributed by atoms with Crippen molar-refractivity contribution in [2.45, 2.75) is 30.9 Å². The Bertz CT molecular complexity index is 801. The quantitative estimate of drug-likeness (QED) is 0.286. The van der Waals surface area contributed by atoms with Crippen molar-refractivity contribution in [3.8, 4) is 12.3 Å². The molecule has 22 heavy (non-hydrogen) atoms. The lowest BCUT2D eigenvalue weighted by atomic mass is 9.92. The van der Waals surface area contributed by atoms with Gasteiger partial charge in [0, 0.05) is 23.1 Å². The smallest absolute Gasteiger partial charge is 0.330 e. The van der Waals surface area contributed by atoms with Crippen molar-refractivity contribution in [2.24, 2.45) is 5.11 Å². The second-order valence-corrected chi connectivity index (χ2v) is 4.89. The maximum absolute atomic E-state index is 11.9. The Kier molecular flexibility index (Phi) is 3.83. The number of hydrogen-bond donors (Lipinski definition) is 3. The van der Waals surface area contributed by atoms with Crippen LogP contribution >= 0.6 is 0 Å². The summed E-state index contributed by atoms with van der Waals surface area (Å²) in [7, 11) is 0. The molecule has 10 heteroatoms. The lowest BCUT2D eigenvalue weighted by molar-refractivity contribution is -0.126. The van der Waals surface area contributed by atoms with Crippen LogP contribution in [0.1, 0.15) is 18.2 Å². The van der Waals surface area contributed by atoms with Gasteiger partial charge in [0.15, 0.2) is 11.3 Å². The largest absolute Gasteiger partial charge is 0.392 e. The molecule has 0 aliphatic carbocycles. The first kappa shape index (κ1) is 15.8. The molecule has 0 bridgehead atoms. The molecular weight excluding hydrogens is 294 g/mol. The highest BCUT2D eigenvalue weighted by molar-refractivity contribution is 5.22. The zero-order chi connectivity index (χ0) is 16.5. The van der Waals surface area contributed by atoms with E-state index in [1.807, 2.05) is 0 Å². The summed E-state index contributed by atoms with van der Waals surface area (Å²) < 4.78 is 6.42. The van der Waals surface area contributed by atoms with Crippen LogP contribution in [0.2, 0.25) is 0 Å². The molecule has 3 N–H and O–H groups in total. The van der Waals surface area contributed by atoms with Crippen molar-refractivity contribution < 1.29 is 14.9 Å². The second-order valence-electron chi connectivity index (χ2n) is 4.89. The molecule has 1 aliphatic heterocycles. The standard InChI is InChI=1S/C12H13N5O5/c1-3-11(6-18)12(21,15-16-13)4-8(22-11)17-5-7(2)9(19)14-10(17)20/h1,5,8,18,21H,4,6H2,2H3,(H,14,19,20)/t8-,11-,12+/m1/s1. The maximum atomic E-state index is 11.9. The van der Waals surface area contributed by atoms with Gasteiger partial charge in [0.25, 0.3) is 5.56 Å². The molecule has 1 fully saturated rings. The van der Waals surface area contributed by atoms with E-state index in [1.165, 1.54) is 13.1 Å². The van der Waals surface area contributed by atoms with E-state index in [9.17, 15) is 19.8 Å². The molecule has 0 amide bonds. The van der Waals surface area contributed by atoms with Crippen LogP contribution in [0.4, 0.5) is 0 Å². The molecule has 0 radical (unpaired) electrons. The number of nitrogens with one attached hydrogen (secondary N) is 1. The molecule has 2 heterocycles. The first-order valence-electron chi connectivity index (χ1n) is 6.19. The van der Waals surface area contributed by atoms with Gasteiger partial charge in [0.1, 0.15) is 6.23 Å². The Labute approximate surface area is 123 Å². The van der Waals surface area contributed by atoms with Crippen molar-refractivity contribution in [1.29, 1.82) is 0 Å². The lowest BCUT2D eigenvalue weighted by Crippen LogP contribution is -2.51. The molecule has 1 aromatic heterocycles. The van der Waals surface area contributed by atoms with Gasteiger partial charge in [-0.05, 0) is 12.5 Å². The van der Waals surface area contributed by atoms with Crippen LogP contribution in [0.25, 0.3) is 10.4 Å². The number of rotatable bonds is 3. The predicted octanol–water partition coefficient (Wildman–Crippen LogP) is -0.873. The van der Waals surface area contributed by atoms with Gasteiger partial charge in [0.2, 0.25) is 0 Å². The van der Waals surface area contributed by atoms with Gasteiger partial charge >= 0.3 is 5.69 Å². The summed E-state index contributed by atoms with van der Waals surface area (Å²) in [5.41, 5.74) is 3.25. The predicted molar refractivity (Wildman–Crippen MR) is 73.5 cm³/mol. The highest BCUT2D eigenvalue weighted by Crippen LogP contribution is 2.44. The topological polar surface area (TPSA) is 153 Å². The number of hydrogen-bond acceptors (Lipinski definition) is 6. The van der Waals surface area contributed by atoms with Gasteiger partial charge in [-0.15, -0.1) is 6.42 Å². The monoisotopic (exact) mass is 307 g/mol. The normalized spacial score (nSPS) is 30.5. The first-order chi connectivity index (χ1) is 10.3. The third kappa shape index (κ3) is 2.18. The fourth-order valence-corrected chi connectivity index (χ4v) is 2.29. The molecule has 0 aromatic carbocycles. The molecule has 116 valence electrons. The Balaban J connectivity index is 2.56. The zero-order valence-electron chi connectivity index (χ0n) is 11.6. The number of nitrogens with zero attached hydrogens (tertiary/aromatic N) is 4. The Morgan fingerprint density at radius 1 is 1.73 bits per heavy atom. The fourth-order valence-electron chi connectivity index (χ4n) is 2.29. The molecule has 2 rings (SSSR count). The third-order valence-corrected chi connectivity index (χ3v) is 3.57. The van der Waals surface area contributed by atoms with Gasteiger partial charge in [-0.3, -0.25) is 14.3 Å². The molecule has 3 atom stereocenters. The van der Waals surface area contributed by atoms with Gasteiger partial charge in [-0.1, -0.05) is 11.0 Å². The molecule has 1 aromatic rings. The molecule has 0 saturated carbocycles. The van der Waals surface area contributed by atoms with Crippen molar-refractivity contribution in [2.75, 3.05) is 6.61 Å². The summed E-state index contributed by atoms with van der Waals surface area (Å²) >= 11 is 0. The van der Waals surface area contributed by atoms with E-state index < -0.39 is 35.4 Å². The summed E-state index contributed by atoms with van der Waals surface area (Å²) in [4.78, 5) is 27.8. The van der Waals surface area contributed by atoms with Crippen LogP contribution in [0.3, 0.4) is 0 Å². The van der Waals surface area contributed by atoms with Crippen molar-refractivity contribution in [1.82, 2.24) is 9.55 Å². The van der Waals surface area contributed by atoms with Gasteiger partial charge in [0.05, 0.1) is 6.61 Å². The number of ether oxygens (including phenoxy) is 1. The highest BCUT2D eigenvalue weighted by Gasteiger charge is 2.59. The summed E-state index contributed by atoms with van der Waals surface area (Å²) in [5, 5.41) is 23.1. The average Bonchev–Trinajstić information content (AvgIpc) is 2.76. The molecule has 0 unspecified atom stereocenters. The highest BCUT2D eigenvalue weighted by atomic mass is 16.6. The minimum atomic E-state index is -2.24. The summed E-state index contributed by atoms with van der Waals surface area (Å²) in [5.74, 6) is 2.07. The Morgan fingerprint density at radius 3 is 2.95 bits per heavy atom. The first-order valence-corrected chi connectivity index (χ1v) is 6.19. The van der Waals surface area contributed by atoms with Crippen LogP contribution in [0.5, 0.6) is 0 Å². The number of H-pyrrole nitrogens is 1. The fraction of sp³-hybridized carbons (Fsp3) is 0.500. The molecular formula is C12H13N5O5. The summed E-state index contributed by atoms with van der Waals surface area (Å²) in [6, 6.07) is 0. The number of aryl methyl sites for hydroxylation is 1.